The summed E-state index contributed by atoms with van der Waals surface area (Å²) >= 11 is 3.41. The number of piperidine rings is 2. The first-order valence-corrected chi connectivity index (χ1v) is 22.2. The van der Waals surface area contributed by atoms with Gasteiger partial charge in [0, 0.05) is 51.8 Å². The fourth-order valence-electron chi connectivity index (χ4n) is 7.35. The number of benzene rings is 1. The van der Waals surface area contributed by atoms with Crippen molar-refractivity contribution >= 4 is 78.8 Å². The van der Waals surface area contributed by atoms with Crippen molar-refractivity contribution in [2.45, 2.75) is 82.7 Å². The Balaban J connectivity index is 0.820. The van der Waals surface area contributed by atoms with Crippen molar-refractivity contribution in [1.82, 2.24) is 39.6 Å². The minimum Gasteiger partial charge on any atom is -0.493 e. The molecule has 3 aromatic rings. The van der Waals surface area contributed by atoms with E-state index in [4.69, 9.17) is 10.5 Å². The van der Waals surface area contributed by atoms with Crippen LogP contribution >= 0.6 is 15.9 Å². The predicted molar refractivity (Wildman–Crippen MR) is 221 cm³/mol. The molecule has 5 heterocycles. The lowest BCUT2D eigenvalue weighted by molar-refractivity contribution is -0.136. The van der Waals surface area contributed by atoms with Gasteiger partial charge in [0.05, 0.1) is 39.8 Å². The zero-order valence-electron chi connectivity index (χ0n) is 33.1. The van der Waals surface area contributed by atoms with Crippen LogP contribution in [0.3, 0.4) is 0 Å². The smallest absolute Gasteiger partial charge is 0.269 e. The summed E-state index contributed by atoms with van der Waals surface area (Å²) in [4.78, 5) is 84.1. The van der Waals surface area contributed by atoms with Crippen molar-refractivity contribution in [3.8, 4) is 5.75 Å². The van der Waals surface area contributed by atoms with Gasteiger partial charge < -0.3 is 26.4 Å². The van der Waals surface area contributed by atoms with Crippen LogP contribution in [0.2, 0.25) is 0 Å². The van der Waals surface area contributed by atoms with E-state index < -0.39 is 45.6 Å². The lowest BCUT2D eigenvalue weighted by Crippen LogP contribution is -2.54. The van der Waals surface area contributed by atoms with Crippen LogP contribution in [0.1, 0.15) is 102 Å². The SMILES string of the molecule is Cn1ncc(Nc2nc(NC3CCN(S(=O)(=O)CCNC(=O)CCCCCCCCOc4cccc5c4C(=O)N(C4CCC(=O)NC4=O)C5=O)CC3)ncc2Br)c1C(N)=O. The Bertz CT molecular complexity index is 2250. The first-order valence-electron chi connectivity index (χ1n) is 19.8. The number of hydrogen-bond donors (Lipinski definition) is 5. The Hall–Kier alpha value is -5.48. The van der Waals surface area contributed by atoms with Crippen LogP contribution in [0.4, 0.5) is 17.5 Å². The number of carbonyl (C=O) groups is 6. The third kappa shape index (κ3) is 10.6. The van der Waals surface area contributed by atoms with Crippen molar-refractivity contribution in [2.24, 2.45) is 12.8 Å². The summed E-state index contributed by atoms with van der Waals surface area (Å²) in [6.45, 7) is 0.959. The van der Waals surface area contributed by atoms with Crippen molar-refractivity contribution < 1.29 is 41.9 Å². The maximum absolute atomic E-state index is 13.2. The molecule has 6 N–H and O–H groups in total. The Morgan fingerprint density at radius 1 is 1.00 bits per heavy atom. The first-order chi connectivity index (χ1) is 28.7. The Labute approximate surface area is 354 Å². The Kier molecular flexibility index (Phi) is 14.5. The number of primary amides is 1. The summed E-state index contributed by atoms with van der Waals surface area (Å²) in [6, 6.07) is 3.65. The molecule has 6 amide bonds. The second-order valence-electron chi connectivity index (χ2n) is 14.7. The number of rotatable bonds is 20. The minimum atomic E-state index is -3.58. The molecule has 1 atom stereocenters. The first kappa shape index (κ1) is 44.1. The van der Waals surface area contributed by atoms with Gasteiger partial charge in [-0.15, -0.1) is 0 Å². The summed E-state index contributed by atoms with van der Waals surface area (Å²) in [5, 5.41) is 15.3. The number of ether oxygens (including phenoxy) is 1. The largest absolute Gasteiger partial charge is 0.493 e. The van der Waals surface area contributed by atoms with E-state index in [1.165, 1.54) is 21.3 Å². The summed E-state index contributed by atoms with van der Waals surface area (Å²) in [5.41, 5.74) is 6.35. The normalized spacial score (nSPS) is 17.4. The highest BCUT2D eigenvalue weighted by molar-refractivity contribution is 9.10. The number of fused-ring (bicyclic) bond motifs is 1. The number of nitrogens with two attached hydrogens (primary N) is 1. The quantitative estimate of drug-likeness (QED) is 0.0805. The molecule has 0 saturated carbocycles. The third-order valence-corrected chi connectivity index (χ3v) is 13.0. The van der Waals surface area contributed by atoms with Crippen molar-refractivity contribution in [1.29, 1.82) is 0 Å². The van der Waals surface area contributed by atoms with Gasteiger partial charge >= 0.3 is 0 Å². The maximum atomic E-state index is 13.2. The molecule has 2 saturated heterocycles. The number of aromatic nitrogens is 4. The number of amides is 6. The molecule has 0 spiro atoms. The lowest BCUT2D eigenvalue weighted by Gasteiger charge is -2.31. The molecule has 2 fully saturated rings. The summed E-state index contributed by atoms with van der Waals surface area (Å²) in [6.07, 6.45) is 9.37. The molecule has 0 aliphatic carbocycles. The number of hydrogen-bond acceptors (Lipinski definition) is 14. The van der Waals surface area contributed by atoms with Crippen molar-refractivity contribution in [3.05, 3.63) is 51.9 Å². The fraction of sp³-hybridized carbons (Fsp3) is 0.500. The number of nitrogens with one attached hydrogen (secondary N) is 4. The van der Waals surface area contributed by atoms with Gasteiger partial charge in [-0.2, -0.15) is 10.1 Å². The molecule has 3 aliphatic heterocycles. The van der Waals surface area contributed by atoms with E-state index in [1.807, 2.05) is 0 Å². The summed E-state index contributed by atoms with van der Waals surface area (Å²) < 4.78 is 35.3. The number of unbranched alkanes of at least 4 members (excludes halogenated alkanes) is 5. The molecule has 1 unspecified atom stereocenters. The van der Waals surface area contributed by atoms with Crippen LogP contribution in [0, 0.1) is 0 Å². The van der Waals surface area contributed by atoms with E-state index in [-0.39, 0.29) is 59.7 Å². The number of imide groups is 2. The van der Waals surface area contributed by atoms with E-state index in [0.717, 1.165) is 30.6 Å². The highest BCUT2D eigenvalue weighted by Gasteiger charge is 2.46. The van der Waals surface area contributed by atoms with Gasteiger partial charge in [-0.1, -0.05) is 31.7 Å². The van der Waals surface area contributed by atoms with E-state index in [9.17, 15) is 37.2 Å². The molecule has 0 bridgehead atoms. The zero-order valence-corrected chi connectivity index (χ0v) is 35.5. The van der Waals surface area contributed by atoms with Crippen LogP contribution in [-0.2, 0) is 31.5 Å². The van der Waals surface area contributed by atoms with E-state index >= 15 is 0 Å². The average molecular weight is 915 g/mol. The maximum Gasteiger partial charge on any atom is 0.269 e. The Morgan fingerprint density at radius 3 is 2.47 bits per heavy atom. The van der Waals surface area contributed by atoms with Crippen LogP contribution in [0.15, 0.2) is 35.1 Å². The van der Waals surface area contributed by atoms with E-state index in [1.54, 1.807) is 25.4 Å². The van der Waals surface area contributed by atoms with Gasteiger partial charge in [0.15, 0.2) is 0 Å². The molecule has 0 radical (unpaired) electrons. The molecule has 20 nitrogen and oxygen atoms in total. The zero-order chi connectivity index (χ0) is 43.0. The fourth-order valence-corrected chi connectivity index (χ4v) is 9.03. The molecule has 6 rings (SSSR count). The van der Waals surface area contributed by atoms with E-state index in [0.29, 0.717) is 73.7 Å². The molecule has 3 aliphatic rings. The molecule has 2 aromatic heterocycles. The van der Waals surface area contributed by atoms with Gasteiger partial charge in [0.25, 0.3) is 17.7 Å². The number of aryl methyl sites for hydroxylation is 1. The molecule has 1 aromatic carbocycles. The number of nitrogens with zero attached hydrogens (tertiary/aromatic N) is 6. The third-order valence-electron chi connectivity index (χ3n) is 10.5. The van der Waals surface area contributed by atoms with Crippen LogP contribution in [-0.4, -0.2) is 117 Å². The average Bonchev–Trinajstić information content (AvgIpc) is 3.70. The molecular formula is C38H48BrN11O9S. The van der Waals surface area contributed by atoms with Crippen molar-refractivity contribution in [3.63, 3.8) is 0 Å². The molecule has 22 heteroatoms. The van der Waals surface area contributed by atoms with Crippen molar-refractivity contribution in [2.75, 3.05) is 42.6 Å². The molecule has 322 valence electrons. The van der Waals surface area contributed by atoms with Crippen LogP contribution in [0.5, 0.6) is 5.75 Å². The van der Waals surface area contributed by atoms with Gasteiger partial charge in [-0.25, -0.2) is 17.7 Å². The number of sulfonamides is 1. The number of anilines is 3. The van der Waals surface area contributed by atoms with E-state index in [2.05, 4.69) is 52.3 Å². The monoisotopic (exact) mass is 913 g/mol. The minimum absolute atomic E-state index is 0.0234. The topological polar surface area (TPSA) is 270 Å². The Morgan fingerprint density at radius 2 is 1.73 bits per heavy atom. The summed E-state index contributed by atoms with van der Waals surface area (Å²) in [7, 11) is -1.98. The number of carbonyl (C=O) groups excluding carboxylic acids is 6. The van der Waals surface area contributed by atoms with Gasteiger partial charge in [-0.05, 0) is 60.2 Å². The highest BCUT2D eigenvalue weighted by atomic mass is 79.9. The summed E-state index contributed by atoms with van der Waals surface area (Å²) in [5.74, 6) is -2.34. The number of halogens is 1. The van der Waals surface area contributed by atoms with Crippen LogP contribution < -0.4 is 31.7 Å². The second kappa shape index (κ2) is 19.7. The van der Waals surface area contributed by atoms with Gasteiger partial charge in [-0.3, -0.25) is 43.7 Å². The lowest BCUT2D eigenvalue weighted by atomic mass is 10.0. The molecular weight excluding hydrogens is 866 g/mol. The highest BCUT2D eigenvalue weighted by Crippen LogP contribution is 2.34. The standard InChI is InChI=1S/C38H48BrN11O9S/c1-48-32(33(40)53)26(22-43-48)45-34-25(39)21-42-38(47-34)44-23-14-17-49(18-15-23)60(57,58)20-16-41-29(51)11-6-4-2-3-5-7-19-59-28-10-8-9-24-31(28)37(56)50(36(24)55)27-12-13-30(52)46-35(27)54/h8-10,21-23,27H,2-7,11-20H2,1H3,(H2,40,53)(H,41,51)(H,46,52,54)(H2,42,44,45,47). The van der Waals surface area contributed by atoms with Gasteiger partial charge in [0.1, 0.15) is 23.3 Å². The van der Waals surface area contributed by atoms with Crippen LogP contribution in [0.25, 0.3) is 0 Å². The predicted octanol–water partition coefficient (Wildman–Crippen LogP) is 2.35. The van der Waals surface area contributed by atoms with Gasteiger partial charge in [0.2, 0.25) is 33.7 Å². The molecule has 60 heavy (non-hydrogen) atoms. The second-order valence-corrected chi connectivity index (χ2v) is 17.7.